The summed E-state index contributed by atoms with van der Waals surface area (Å²) in [5, 5.41) is 12.2. The van der Waals surface area contributed by atoms with Crippen molar-refractivity contribution >= 4 is 17.7 Å². The number of hydrogen-bond donors (Lipinski definition) is 2. The summed E-state index contributed by atoms with van der Waals surface area (Å²) in [5.41, 5.74) is 1.06. The Kier molecular flexibility index (Phi) is 8.14. The predicted molar refractivity (Wildman–Crippen MR) is 83.5 cm³/mol. The van der Waals surface area contributed by atoms with Gasteiger partial charge in [-0.3, -0.25) is 4.79 Å². The molecule has 5 heteroatoms. The molecule has 1 rings (SSSR count). The third-order valence-corrected chi connectivity index (χ3v) is 3.50. The van der Waals surface area contributed by atoms with Gasteiger partial charge in [-0.1, -0.05) is 19.1 Å². The van der Waals surface area contributed by atoms with E-state index in [1.54, 1.807) is 11.8 Å². The molecule has 1 aromatic carbocycles. The predicted octanol–water partition coefficient (Wildman–Crippen LogP) is 2.77. The Morgan fingerprint density at radius 2 is 2.10 bits per heavy atom. The molecular formula is C15H23NO3S. The standard InChI is InChI=1S/C15H23NO3S/c1-3-9-19-13-6-4-12(5-7-13)11-16-14(15(17)18)8-10-20-2/h4-7,14,16H,3,8-11H2,1-2H3,(H,17,18)/t14-/m1/s1. The first-order valence-electron chi connectivity index (χ1n) is 6.84. The zero-order chi connectivity index (χ0) is 14.8. The number of carboxylic acids is 1. The number of carboxylic acid groups (broad SMARTS) is 1. The molecule has 0 unspecified atom stereocenters. The molecule has 0 saturated heterocycles. The van der Waals surface area contributed by atoms with Crippen molar-refractivity contribution in [1.82, 2.24) is 5.32 Å². The van der Waals surface area contributed by atoms with Gasteiger partial charge < -0.3 is 15.2 Å². The molecule has 1 aromatic rings. The average molecular weight is 297 g/mol. The number of ether oxygens (including phenoxy) is 1. The minimum absolute atomic E-state index is 0.488. The van der Waals surface area contributed by atoms with Crippen molar-refractivity contribution in [2.45, 2.75) is 32.4 Å². The molecule has 1 atom stereocenters. The molecule has 0 bridgehead atoms. The summed E-state index contributed by atoms with van der Waals surface area (Å²) in [4.78, 5) is 11.1. The average Bonchev–Trinajstić information content (AvgIpc) is 2.46. The lowest BCUT2D eigenvalue weighted by Gasteiger charge is -2.14. The highest BCUT2D eigenvalue weighted by Gasteiger charge is 2.15. The van der Waals surface area contributed by atoms with Gasteiger partial charge in [-0.25, -0.2) is 0 Å². The van der Waals surface area contributed by atoms with E-state index in [9.17, 15) is 4.79 Å². The normalized spacial score (nSPS) is 12.1. The first kappa shape index (κ1) is 16.9. The Morgan fingerprint density at radius 1 is 1.40 bits per heavy atom. The highest BCUT2D eigenvalue weighted by Crippen LogP contribution is 2.12. The molecule has 0 aliphatic heterocycles. The molecule has 0 heterocycles. The van der Waals surface area contributed by atoms with Crippen LogP contribution in [0.3, 0.4) is 0 Å². The number of thioether (sulfide) groups is 1. The van der Waals surface area contributed by atoms with Crippen LogP contribution in [-0.2, 0) is 11.3 Å². The highest BCUT2D eigenvalue weighted by atomic mass is 32.2. The summed E-state index contributed by atoms with van der Waals surface area (Å²) in [6.45, 7) is 3.34. The molecule has 0 radical (unpaired) electrons. The van der Waals surface area contributed by atoms with Crippen molar-refractivity contribution in [3.8, 4) is 5.75 Å². The fraction of sp³-hybridized carbons (Fsp3) is 0.533. The fourth-order valence-electron chi connectivity index (χ4n) is 1.71. The van der Waals surface area contributed by atoms with E-state index < -0.39 is 12.0 Å². The largest absolute Gasteiger partial charge is 0.494 e. The quantitative estimate of drug-likeness (QED) is 0.695. The lowest BCUT2D eigenvalue weighted by atomic mass is 10.2. The first-order chi connectivity index (χ1) is 9.67. The van der Waals surface area contributed by atoms with Crippen LogP contribution in [0.4, 0.5) is 0 Å². The van der Waals surface area contributed by atoms with Crippen molar-refractivity contribution in [3.05, 3.63) is 29.8 Å². The van der Waals surface area contributed by atoms with Gasteiger partial charge in [-0.15, -0.1) is 0 Å². The van der Waals surface area contributed by atoms with Gasteiger partial charge in [0.1, 0.15) is 11.8 Å². The molecule has 4 nitrogen and oxygen atoms in total. The molecule has 0 fully saturated rings. The Bertz CT molecular complexity index is 395. The Morgan fingerprint density at radius 3 is 2.65 bits per heavy atom. The van der Waals surface area contributed by atoms with Crippen LogP contribution >= 0.6 is 11.8 Å². The molecule has 0 aliphatic carbocycles. The Balaban J connectivity index is 2.44. The van der Waals surface area contributed by atoms with Crippen molar-refractivity contribution in [2.24, 2.45) is 0 Å². The van der Waals surface area contributed by atoms with Crippen LogP contribution in [0.5, 0.6) is 5.75 Å². The SMILES string of the molecule is CCCOc1ccc(CN[C@H](CCSC)C(=O)O)cc1. The first-order valence-corrected chi connectivity index (χ1v) is 8.23. The van der Waals surface area contributed by atoms with Gasteiger partial charge in [0.25, 0.3) is 0 Å². The van der Waals surface area contributed by atoms with Crippen LogP contribution in [0.2, 0.25) is 0 Å². The molecule has 2 N–H and O–H groups in total. The summed E-state index contributed by atoms with van der Waals surface area (Å²) in [6.07, 6.45) is 3.60. The topological polar surface area (TPSA) is 58.6 Å². The summed E-state index contributed by atoms with van der Waals surface area (Å²) in [7, 11) is 0. The van der Waals surface area contributed by atoms with Gasteiger partial charge in [0, 0.05) is 6.54 Å². The number of hydrogen-bond acceptors (Lipinski definition) is 4. The smallest absolute Gasteiger partial charge is 0.320 e. The molecule has 112 valence electrons. The Labute approximate surface area is 124 Å². The number of nitrogens with one attached hydrogen (secondary N) is 1. The second kappa shape index (κ2) is 9.66. The van der Waals surface area contributed by atoms with E-state index in [2.05, 4.69) is 12.2 Å². The molecule has 0 spiro atoms. The molecule has 0 amide bonds. The van der Waals surface area contributed by atoms with Crippen LogP contribution < -0.4 is 10.1 Å². The maximum absolute atomic E-state index is 11.1. The van der Waals surface area contributed by atoms with Gasteiger partial charge in [0.2, 0.25) is 0 Å². The third kappa shape index (κ3) is 6.30. The minimum Gasteiger partial charge on any atom is -0.494 e. The number of carbonyl (C=O) groups is 1. The van der Waals surface area contributed by atoms with Gasteiger partial charge in [-0.2, -0.15) is 11.8 Å². The summed E-state index contributed by atoms with van der Waals surface area (Å²) >= 11 is 1.66. The maximum atomic E-state index is 11.1. The van der Waals surface area contributed by atoms with Crippen LogP contribution in [-0.4, -0.2) is 35.7 Å². The number of aliphatic carboxylic acids is 1. The van der Waals surface area contributed by atoms with Crippen molar-refractivity contribution in [2.75, 3.05) is 18.6 Å². The lowest BCUT2D eigenvalue weighted by molar-refractivity contribution is -0.139. The third-order valence-electron chi connectivity index (χ3n) is 2.86. The van der Waals surface area contributed by atoms with Gasteiger partial charge in [-0.05, 0) is 42.5 Å². The minimum atomic E-state index is -0.790. The zero-order valence-electron chi connectivity index (χ0n) is 12.1. The number of benzene rings is 1. The van der Waals surface area contributed by atoms with Crippen LogP contribution in [0, 0.1) is 0 Å². The van der Waals surface area contributed by atoms with E-state index in [4.69, 9.17) is 9.84 Å². The monoisotopic (exact) mass is 297 g/mol. The van der Waals surface area contributed by atoms with E-state index in [1.165, 1.54) is 0 Å². The number of rotatable bonds is 10. The van der Waals surface area contributed by atoms with E-state index >= 15 is 0 Å². The van der Waals surface area contributed by atoms with Crippen molar-refractivity contribution in [1.29, 1.82) is 0 Å². The summed E-state index contributed by atoms with van der Waals surface area (Å²) in [6, 6.07) is 7.28. The fourth-order valence-corrected chi connectivity index (χ4v) is 2.18. The molecular weight excluding hydrogens is 274 g/mol. The second-order valence-corrected chi connectivity index (χ2v) is 5.53. The van der Waals surface area contributed by atoms with Crippen LogP contribution in [0.25, 0.3) is 0 Å². The van der Waals surface area contributed by atoms with Crippen molar-refractivity contribution in [3.63, 3.8) is 0 Å². The summed E-state index contributed by atoms with van der Waals surface area (Å²) < 4.78 is 5.51. The Hall–Kier alpha value is -1.20. The summed E-state index contributed by atoms with van der Waals surface area (Å²) in [5.74, 6) is 0.906. The van der Waals surface area contributed by atoms with Gasteiger partial charge >= 0.3 is 5.97 Å². The van der Waals surface area contributed by atoms with Crippen molar-refractivity contribution < 1.29 is 14.6 Å². The lowest BCUT2D eigenvalue weighted by Crippen LogP contribution is -2.36. The molecule has 0 aromatic heterocycles. The van der Waals surface area contributed by atoms with Crippen LogP contribution in [0.15, 0.2) is 24.3 Å². The van der Waals surface area contributed by atoms with E-state index in [1.807, 2.05) is 30.5 Å². The molecule has 0 aliphatic rings. The van der Waals surface area contributed by atoms with Crippen LogP contribution in [0.1, 0.15) is 25.3 Å². The molecule has 20 heavy (non-hydrogen) atoms. The van der Waals surface area contributed by atoms with Gasteiger partial charge in [0.05, 0.1) is 6.61 Å². The van der Waals surface area contributed by atoms with Gasteiger partial charge in [0.15, 0.2) is 0 Å². The van der Waals surface area contributed by atoms with E-state index in [-0.39, 0.29) is 0 Å². The maximum Gasteiger partial charge on any atom is 0.320 e. The molecule has 0 saturated carbocycles. The zero-order valence-corrected chi connectivity index (χ0v) is 12.9. The van der Waals surface area contributed by atoms with E-state index in [0.29, 0.717) is 19.6 Å². The highest BCUT2D eigenvalue weighted by molar-refractivity contribution is 7.98. The van der Waals surface area contributed by atoms with E-state index in [0.717, 1.165) is 23.5 Å². The second-order valence-electron chi connectivity index (χ2n) is 4.55.